The van der Waals surface area contributed by atoms with E-state index < -0.39 is 5.60 Å². The van der Waals surface area contributed by atoms with Crippen molar-refractivity contribution in [3.05, 3.63) is 29.6 Å². The van der Waals surface area contributed by atoms with Crippen LogP contribution in [0.1, 0.15) is 18.9 Å². The molecule has 1 heterocycles. The van der Waals surface area contributed by atoms with E-state index in [1.54, 1.807) is 19.1 Å². The summed E-state index contributed by atoms with van der Waals surface area (Å²) in [6.45, 7) is 2.33. The van der Waals surface area contributed by atoms with Crippen molar-refractivity contribution in [1.29, 1.82) is 0 Å². The minimum atomic E-state index is -1.04. The van der Waals surface area contributed by atoms with Crippen LogP contribution in [0.15, 0.2) is 18.2 Å². The average molecular weight is 181 g/mol. The van der Waals surface area contributed by atoms with Crippen molar-refractivity contribution in [1.82, 2.24) is 0 Å². The first-order valence-corrected chi connectivity index (χ1v) is 4.36. The van der Waals surface area contributed by atoms with E-state index in [0.717, 1.165) is 0 Å². The van der Waals surface area contributed by atoms with Gasteiger partial charge in [-0.3, -0.25) is 0 Å². The zero-order chi connectivity index (χ0) is 9.47. The Kier molecular flexibility index (Phi) is 1.77. The van der Waals surface area contributed by atoms with Crippen molar-refractivity contribution < 1.29 is 9.50 Å². The maximum Gasteiger partial charge on any atom is 0.131 e. The van der Waals surface area contributed by atoms with Gasteiger partial charge in [0.2, 0.25) is 0 Å². The molecule has 1 aromatic rings. The first-order valence-electron chi connectivity index (χ1n) is 4.36. The lowest BCUT2D eigenvalue weighted by atomic mass is 9.88. The minimum absolute atomic E-state index is 0.338. The number of halogens is 1. The molecule has 1 aromatic carbocycles. The van der Waals surface area contributed by atoms with Crippen molar-refractivity contribution in [3.8, 4) is 0 Å². The number of fused-ring (bicyclic) bond motifs is 1. The molecule has 0 saturated heterocycles. The Morgan fingerprint density at radius 1 is 1.54 bits per heavy atom. The van der Waals surface area contributed by atoms with E-state index in [1.807, 2.05) is 0 Å². The second-order valence-corrected chi connectivity index (χ2v) is 3.61. The predicted molar refractivity (Wildman–Crippen MR) is 49.1 cm³/mol. The van der Waals surface area contributed by atoms with E-state index >= 15 is 0 Å². The number of hydrogen-bond acceptors (Lipinski definition) is 2. The number of aliphatic hydroxyl groups is 1. The Morgan fingerprint density at radius 2 is 2.31 bits per heavy atom. The lowest BCUT2D eigenvalue weighted by Crippen LogP contribution is -2.31. The summed E-state index contributed by atoms with van der Waals surface area (Å²) in [6, 6.07) is 4.80. The number of anilines is 1. The standard InChI is InChI=1S/C10H12FNO/c1-10(13)5-6-12-8-4-2-3-7(11)9(8)10/h2-4,12-13H,5-6H2,1H3. The number of nitrogens with one attached hydrogen (secondary N) is 1. The molecule has 0 amide bonds. The number of hydrogen-bond donors (Lipinski definition) is 2. The highest BCUT2D eigenvalue weighted by atomic mass is 19.1. The van der Waals surface area contributed by atoms with Gasteiger partial charge in [0.05, 0.1) is 5.60 Å². The molecule has 2 N–H and O–H groups in total. The largest absolute Gasteiger partial charge is 0.385 e. The normalized spacial score (nSPS) is 26.4. The van der Waals surface area contributed by atoms with Gasteiger partial charge in [-0.1, -0.05) is 6.07 Å². The molecule has 1 atom stereocenters. The van der Waals surface area contributed by atoms with Crippen molar-refractivity contribution in [2.24, 2.45) is 0 Å². The van der Waals surface area contributed by atoms with Crippen molar-refractivity contribution in [2.45, 2.75) is 18.9 Å². The molecule has 0 spiro atoms. The van der Waals surface area contributed by atoms with Crippen LogP contribution in [-0.4, -0.2) is 11.7 Å². The van der Waals surface area contributed by atoms with Crippen LogP contribution in [0.25, 0.3) is 0 Å². The van der Waals surface area contributed by atoms with Crippen LogP contribution in [0.5, 0.6) is 0 Å². The smallest absolute Gasteiger partial charge is 0.131 e. The summed E-state index contributed by atoms with van der Waals surface area (Å²) in [7, 11) is 0. The van der Waals surface area contributed by atoms with Crippen LogP contribution in [-0.2, 0) is 5.60 Å². The summed E-state index contributed by atoms with van der Waals surface area (Å²) in [5.41, 5.74) is 0.0591. The van der Waals surface area contributed by atoms with Gasteiger partial charge in [-0.2, -0.15) is 0 Å². The van der Waals surface area contributed by atoms with Crippen LogP contribution in [0.2, 0.25) is 0 Å². The van der Waals surface area contributed by atoms with Gasteiger partial charge in [-0.05, 0) is 25.5 Å². The zero-order valence-electron chi connectivity index (χ0n) is 7.47. The molecular formula is C10H12FNO. The van der Waals surface area contributed by atoms with Gasteiger partial charge in [-0.25, -0.2) is 4.39 Å². The molecule has 3 heteroatoms. The van der Waals surface area contributed by atoms with Crippen LogP contribution in [0, 0.1) is 5.82 Å². The molecule has 0 aromatic heterocycles. The fourth-order valence-corrected chi connectivity index (χ4v) is 1.78. The highest BCUT2D eigenvalue weighted by Gasteiger charge is 2.32. The third-order valence-electron chi connectivity index (χ3n) is 2.48. The molecule has 70 valence electrons. The molecule has 2 nitrogen and oxygen atoms in total. The molecule has 13 heavy (non-hydrogen) atoms. The van der Waals surface area contributed by atoms with Crippen LogP contribution < -0.4 is 5.32 Å². The number of rotatable bonds is 0. The summed E-state index contributed by atoms with van der Waals surface area (Å²) < 4.78 is 13.4. The van der Waals surface area contributed by atoms with Crippen LogP contribution >= 0.6 is 0 Å². The van der Waals surface area contributed by atoms with Gasteiger partial charge in [0.15, 0.2) is 0 Å². The number of benzene rings is 1. The average Bonchev–Trinajstić information content (AvgIpc) is 2.02. The van der Waals surface area contributed by atoms with E-state index in [-0.39, 0.29) is 5.82 Å². The summed E-state index contributed by atoms with van der Waals surface area (Å²) in [4.78, 5) is 0. The third-order valence-corrected chi connectivity index (χ3v) is 2.48. The van der Waals surface area contributed by atoms with Gasteiger partial charge in [0, 0.05) is 17.8 Å². The molecule has 2 rings (SSSR count). The maximum atomic E-state index is 13.4. The van der Waals surface area contributed by atoms with Gasteiger partial charge in [0.25, 0.3) is 0 Å². The highest BCUT2D eigenvalue weighted by Crippen LogP contribution is 2.36. The van der Waals surface area contributed by atoms with Crippen molar-refractivity contribution >= 4 is 5.69 Å². The third kappa shape index (κ3) is 1.29. The monoisotopic (exact) mass is 181 g/mol. The van der Waals surface area contributed by atoms with Crippen LogP contribution in [0.4, 0.5) is 10.1 Å². The van der Waals surface area contributed by atoms with Crippen LogP contribution in [0.3, 0.4) is 0 Å². The second kappa shape index (κ2) is 2.70. The molecule has 1 aliphatic heterocycles. The minimum Gasteiger partial charge on any atom is -0.385 e. The molecule has 0 fully saturated rings. The van der Waals surface area contributed by atoms with E-state index in [2.05, 4.69) is 5.32 Å². The Bertz CT molecular complexity index is 336. The molecule has 0 bridgehead atoms. The van der Waals surface area contributed by atoms with Crippen molar-refractivity contribution in [3.63, 3.8) is 0 Å². The van der Waals surface area contributed by atoms with Gasteiger partial charge < -0.3 is 10.4 Å². The SMILES string of the molecule is CC1(O)CCNc2cccc(F)c21. The molecule has 1 unspecified atom stereocenters. The highest BCUT2D eigenvalue weighted by molar-refractivity contribution is 5.56. The Balaban J connectivity index is 2.61. The summed E-state index contributed by atoms with van der Waals surface area (Å²) >= 11 is 0. The summed E-state index contributed by atoms with van der Waals surface area (Å²) in [6.07, 6.45) is 0.543. The lowest BCUT2D eigenvalue weighted by Gasteiger charge is -2.31. The lowest BCUT2D eigenvalue weighted by molar-refractivity contribution is 0.0450. The quantitative estimate of drug-likeness (QED) is 0.640. The Labute approximate surface area is 76.4 Å². The molecular weight excluding hydrogens is 169 g/mol. The second-order valence-electron chi connectivity index (χ2n) is 3.61. The molecule has 0 aliphatic carbocycles. The molecule has 0 radical (unpaired) electrons. The Morgan fingerprint density at radius 3 is 3.00 bits per heavy atom. The summed E-state index contributed by atoms with van der Waals surface area (Å²) in [5.74, 6) is -0.338. The molecule has 0 saturated carbocycles. The van der Waals surface area contributed by atoms with E-state index in [4.69, 9.17) is 0 Å². The molecule has 1 aliphatic rings. The maximum absolute atomic E-state index is 13.4. The summed E-state index contributed by atoms with van der Waals surface area (Å²) in [5, 5.41) is 13.0. The van der Waals surface area contributed by atoms with Gasteiger partial charge >= 0.3 is 0 Å². The topological polar surface area (TPSA) is 32.3 Å². The van der Waals surface area contributed by atoms with E-state index in [9.17, 15) is 9.50 Å². The van der Waals surface area contributed by atoms with Crippen molar-refractivity contribution in [2.75, 3.05) is 11.9 Å². The van der Waals surface area contributed by atoms with Gasteiger partial charge in [-0.15, -0.1) is 0 Å². The first kappa shape index (κ1) is 8.51. The first-order chi connectivity index (χ1) is 6.11. The zero-order valence-corrected chi connectivity index (χ0v) is 7.47. The fourth-order valence-electron chi connectivity index (χ4n) is 1.78. The van der Waals surface area contributed by atoms with E-state index in [0.29, 0.717) is 24.2 Å². The van der Waals surface area contributed by atoms with E-state index in [1.165, 1.54) is 6.07 Å². The predicted octanol–water partition coefficient (Wildman–Crippen LogP) is 1.85. The van der Waals surface area contributed by atoms with Gasteiger partial charge in [0.1, 0.15) is 5.82 Å². The Hall–Kier alpha value is -1.09. The fraction of sp³-hybridized carbons (Fsp3) is 0.400.